The lowest BCUT2D eigenvalue weighted by Gasteiger charge is -2.02. The van der Waals surface area contributed by atoms with Crippen molar-refractivity contribution < 1.29 is 0 Å². The van der Waals surface area contributed by atoms with Crippen molar-refractivity contribution in [2.45, 2.75) is 0 Å². The van der Waals surface area contributed by atoms with Crippen LogP contribution in [0.3, 0.4) is 0 Å². The molecule has 0 bridgehead atoms. The Morgan fingerprint density at radius 2 is 1.53 bits per heavy atom. The van der Waals surface area contributed by atoms with E-state index in [0.29, 0.717) is 5.56 Å². The van der Waals surface area contributed by atoms with Gasteiger partial charge in [0.05, 0.1) is 11.6 Å². The first-order chi connectivity index (χ1) is 7.40. The van der Waals surface area contributed by atoms with Gasteiger partial charge in [-0.15, -0.1) is 0 Å². The fourth-order valence-corrected chi connectivity index (χ4v) is 1.45. The van der Waals surface area contributed by atoms with Gasteiger partial charge in [-0.05, 0) is 17.2 Å². The predicted octanol–water partition coefficient (Wildman–Crippen LogP) is 3.16. The van der Waals surface area contributed by atoms with E-state index in [1.54, 1.807) is 0 Å². The van der Waals surface area contributed by atoms with Gasteiger partial charge in [0, 0.05) is 6.42 Å². The van der Waals surface area contributed by atoms with Gasteiger partial charge in [0.15, 0.2) is 0 Å². The summed E-state index contributed by atoms with van der Waals surface area (Å²) in [5.74, 6) is 0. The summed E-state index contributed by atoms with van der Waals surface area (Å²) in [6.45, 7) is 0. The number of benzene rings is 2. The molecule has 0 saturated carbocycles. The summed E-state index contributed by atoms with van der Waals surface area (Å²) in [6, 6.07) is 19.8. The summed E-state index contributed by atoms with van der Waals surface area (Å²) in [5, 5.41) is 8.93. The number of nitriles is 1. The molecule has 0 aliphatic rings. The van der Waals surface area contributed by atoms with Crippen LogP contribution < -0.4 is 0 Å². The second-order valence-corrected chi connectivity index (χ2v) is 3.25. The number of nitrogens with zero attached hydrogens (tertiary/aromatic N) is 1. The Morgan fingerprint density at radius 1 is 0.867 bits per heavy atom. The minimum atomic E-state index is 0.710. The highest BCUT2D eigenvalue weighted by Gasteiger charge is 2.01. The minimum Gasteiger partial charge on any atom is -0.192 e. The number of hydrogen-bond acceptors (Lipinski definition) is 1. The Bertz CT molecular complexity index is 480. The smallest absolute Gasteiger partial charge is 0.0994 e. The molecule has 71 valence electrons. The van der Waals surface area contributed by atoms with Crippen LogP contribution in [0.1, 0.15) is 16.7 Å². The van der Waals surface area contributed by atoms with Crippen LogP contribution in [0.25, 0.3) is 0 Å². The lowest BCUT2D eigenvalue weighted by Crippen LogP contribution is -1.88. The molecule has 0 unspecified atom stereocenters. The van der Waals surface area contributed by atoms with Crippen LogP contribution in [0.4, 0.5) is 0 Å². The van der Waals surface area contributed by atoms with Gasteiger partial charge in [0.1, 0.15) is 0 Å². The predicted molar refractivity (Wildman–Crippen MR) is 60.1 cm³/mol. The molecular formula is C14H10N. The third-order valence-electron chi connectivity index (χ3n) is 2.20. The third-order valence-corrected chi connectivity index (χ3v) is 2.20. The third kappa shape index (κ3) is 2.24. The van der Waals surface area contributed by atoms with Crippen molar-refractivity contribution in [2.75, 3.05) is 0 Å². The van der Waals surface area contributed by atoms with Crippen molar-refractivity contribution >= 4 is 0 Å². The molecule has 0 spiro atoms. The molecule has 0 saturated heterocycles. The van der Waals surface area contributed by atoms with Crippen LogP contribution in [-0.2, 0) is 0 Å². The highest BCUT2D eigenvalue weighted by Crippen LogP contribution is 2.15. The van der Waals surface area contributed by atoms with Gasteiger partial charge in [-0.1, -0.05) is 48.5 Å². The molecule has 0 atom stereocenters. The van der Waals surface area contributed by atoms with Gasteiger partial charge in [-0.3, -0.25) is 0 Å². The molecule has 2 aromatic carbocycles. The van der Waals surface area contributed by atoms with E-state index in [0.717, 1.165) is 11.1 Å². The summed E-state index contributed by atoms with van der Waals surface area (Å²) in [4.78, 5) is 0. The van der Waals surface area contributed by atoms with Crippen molar-refractivity contribution in [1.82, 2.24) is 0 Å². The topological polar surface area (TPSA) is 23.8 Å². The zero-order valence-electron chi connectivity index (χ0n) is 8.22. The highest BCUT2D eigenvalue weighted by molar-refractivity contribution is 5.46. The van der Waals surface area contributed by atoms with E-state index in [9.17, 15) is 0 Å². The first kappa shape index (κ1) is 9.48. The SMILES string of the molecule is N#Cc1ccccc1[CH]c1ccccc1. The molecule has 0 fully saturated rings. The molecule has 0 aliphatic carbocycles. The molecule has 2 rings (SSSR count). The van der Waals surface area contributed by atoms with Gasteiger partial charge in [-0.2, -0.15) is 5.26 Å². The number of hydrogen-bond donors (Lipinski definition) is 0. The first-order valence-electron chi connectivity index (χ1n) is 4.79. The lowest BCUT2D eigenvalue weighted by molar-refractivity contribution is 1.39. The molecule has 1 heteroatoms. The highest BCUT2D eigenvalue weighted by atomic mass is 14.2. The summed E-state index contributed by atoms with van der Waals surface area (Å²) in [6.07, 6.45) is 2.01. The molecule has 1 nitrogen and oxygen atoms in total. The fourth-order valence-electron chi connectivity index (χ4n) is 1.45. The van der Waals surface area contributed by atoms with E-state index in [1.807, 2.05) is 61.0 Å². The van der Waals surface area contributed by atoms with Gasteiger partial charge < -0.3 is 0 Å². The maximum atomic E-state index is 8.93. The normalized spacial score (nSPS) is 9.53. The maximum absolute atomic E-state index is 8.93. The summed E-state index contributed by atoms with van der Waals surface area (Å²) >= 11 is 0. The van der Waals surface area contributed by atoms with E-state index in [-0.39, 0.29) is 0 Å². The Hall–Kier alpha value is -2.07. The second-order valence-electron chi connectivity index (χ2n) is 3.25. The molecule has 15 heavy (non-hydrogen) atoms. The summed E-state index contributed by atoms with van der Waals surface area (Å²) in [7, 11) is 0. The fraction of sp³-hybridized carbons (Fsp3) is 0. The van der Waals surface area contributed by atoms with Crippen molar-refractivity contribution in [3.05, 3.63) is 77.7 Å². The van der Waals surface area contributed by atoms with Crippen molar-refractivity contribution in [2.24, 2.45) is 0 Å². The first-order valence-corrected chi connectivity index (χ1v) is 4.79. The summed E-state index contributed by atoms with van der Waals surface area (Å²) < 4.78 is 0. The summed E-state index contributed by atoms with van der Waals surface area (Å²) in [5.41, 5.74) is 2.78. The van der Waals surface area contributed by atoms with E-state index < -0.39 is 0 Å². The van der Waals surface area contributed by atoms with E-state index in [1.165, 1.54) is 0 Å². The van der Waals surface area contributed by atoms with Crippen molar-refractivity contribution in [3.8, 4) is 6.07 Å². The van der Waals surface area contributed by atoms with Crippen LogP contribution in [0.2, 0.25) is 0 Å². The van der Waals surface area contributed by atoms with Gasteiger partial charge >= 0.3 is 0 Å². The molecule has 0 aromatic heterocycles. The van der Waals surface area contributed by atoms with Crippen molar-refractivity contribution in [3.63, 3.8) is 0 Å². The molecule has 0 aliphatic heterocycles. The molecule has 0 N–H and O–H groups in total. The quantitative estimate of drug-likeness (QED) is 0.717. The standard InChI is InChI=1S/C14H10N/c15-11-14-9-5-4-8-13(14)10-12-6-2-1-3-7-12/h1-10H. The Morgan fingerprint density at radius 3 is 2.27 bits per heavy atom. The average Bonchev–Trinajstić information content (AvgIpc) is 2.31. The Kier molecular flexibility index (Phi) is 2.80. The van der Waals surface area contributed by atoms with E-state index in [2.05, 4.69) is 6.07 Å². The number of rotatable bonds is 2. The second kappa shape index (κ2) is 4.43. The van der Waals surface area contributed by atoms with Crippen LogP contribution in [-0.4, -0.2) is 0 Å². The van der Waals surface area contributed by atoms with Gasteiger partial charge in [0.25, 0.3) is 0 Å². The van der Waals surface area contributed by atoms with Gasteiger partial charge in [0.2, 0.25) is 0 Å². The zero-order valence-corrected chi connectivity index (χ0v) is 8.22. The van der Waals surface area contributed by atoms with Crippen LogP contribution in [0.5, 0.6) is 0 Å². The Labute approximate surface area is 89.6 Å². The Balaban J connectivity index is 2.29. The van der Waals surface area contributed by atoms with E-state index >= 15 is 0 Å². The lowest BCUT2D eigenvalue weighted by atomic mass is 10.0. The minimum absolute atomic E-state index is 0.710. The van der Waals surface area contributed by atoms with Gasteiger partial charge in [-0.25, -0.2) is 0 Å². The molecule has 0 amide bonds. The van der Waals surface area contributed by atoms with E-state index in [4.69, 9.17) is 5.26 Å². The largest absolute Gasteiger partial charge is 0.192 e. The van der Waals surface area contributed by atoms with Crippen molar-refractivity contribution in [1.29, 1.82) is 5.26 Å². The monoisotopic (exact) mass is 192 g/mol. The molecule has 0 heterocycles. The molecule has 1 radical (unpaired) electrons. The average molecular weight is 192 g/mol. The molecular weight excluding hydrogens is 182 g/mol. The zero-order chi connectivity index (χ0) is 10.5. The van der Waals surface area contributed by atoms with Crippen LogP contribution >= 0.6 is 0 Å². The van der Waals surface area contributed by atoms with Crippen LogP contribution in [0.15, 0.2) is 54.6 Å². The maximum Gasteiger partial charge on any atom is 0.0994 e. The molecule has 2 aromatic rings. The van der Waals surface area contributed by atoms with Crippen LogP contribution in [0, 0.1) is 17.8 Å².